The van der Waals surface area contributed by atoms with Gasteiger partial charge in [0.1, 0.15) is 0 Å². The van der Waals surface area contributed by atoms with Gasteiger partial charge in [0.05, 0.1) is 0 Å². The molecule has 0 aromatic carbocycles. The van der Waals surface area contributed by atoms with Crippen LogP contribution < -0.4 is 10.6 Å². The molecule has 0 aliphatic carbocycles. The highest BCUT2D eigenvalue weighted by Crippen LogP contribution is 2.16. The first-order chi connectivity index (χ1) is 8.36. The zero-order valence-corrected chi connectivity index (χ0v) is 11.6. The molecule has 1 aliphatic rings. The van der Waals surface area contributed by atoms with Crippen molar-refractivity contribution in [2.45, 2.75) is 39.2 Å². The Morgan fingerprint density at radius 2 is 2.47 bits per heavy atom. The van der Waals surface area contributed by atoms with Gasteiger partial charge in [-0.1, -0.05) is 0 Å². The predicted molar refractivity (Wildman–Crippen MR) is 75.6 cm³/mol. The van der Waals surface area contributed by atoms with E-state index in [1.54, 1.807) is 0 Å². The van der Waals surface area contributed by atoms with Crippen LogP contribution >= 0.6 is 11.3 Å². The van der Waals surface area contributed by atoms with Crippen molar-refractivity contribution in [2.75, 3.05) is 19.6 Å². The molecule has 3 heteroatoms. The van der Waals surface area contributed by atoms with E-state index in [2.05, 4.69) is 29.0 Å². The van der Waals surface area contributed by atoms with Crippen molar-refractivity contribution in [3.8, 4) is 0 Å². The second-order valence-corrected chi connectivity index (χ2v) is 6.06. The summed E-state index contributed by atoms with van der Waals surface area (Å²) in [5, 5.41) is 9.23. The Labute approximate surface area is 109 Å². The largest absolute Gasteiger partial charge is 0.316 e. The van der Waals surface area contributed by atoms with E-state index in [4.69, 9.17) is 0 Å². The highest BCUT2D eigenvalue weighted by molar-refractivity contribution is 7.10. The Kier molecular flexibility index (Phi) is 5.49. The van der Waals surface area contributed by atoms with E-state index in [-0.39, 0.29) is 0 Å². The van der Waals surface area contributed by atoms with Gasteiger partial charge in [-0.25, -0.2) is 0 Å². The maximum atomic E-state index is 3.56. The molecule has 1 unspecified atom stereocenters. The lowest BCUT2D eigenvalue weighted by atomic mass is 9.95. The fourth-order valence-corrected chi connectivity index (χ4v) is 3.35. The summed E-state index contributed by atoms with van der Waals surface area (Å²) in [5.74, 6) is 0.925. The van der Waals surface area contributed by atoms with Gasteiger partial charge in [-0.2, -0.15) is 0 Å². The molecule has 96 valence electrons. The highest BCUT2D eigenvalue weighted by Gasteiger charge is 2.11. The Hall–Kier alpha value is -0.380. The number of nitrogens with one attached hydrogen (secondary N) is 2. The molecule has 1 saturated heterocycles. The summed E-state index contributed by atoms with van der Waals surface area (Å²) in [6, 6.07) is 2.20. The van der Waals surface area contributed by atoms with Crippen LogP contribution in [0, 0.1) is 12.8 Å². The topological polar surface area (TPSA) is 24.1 Å². The first-order valence-electron chi connectivity index (χ1n) is 6.80. The van der Waals surface area contributed by atoms with Crippen molar-refractivity contribution in [3.63, 3.8) is 0 Å². The van der Waals surface area contributed by atoms with Gasteiger partial charge < -0.3 is 10.6 Å². The van der Waals surface area contributed by atoms with Crippen LogP contribution in [0.1, 0.15) is 36.1 Å². The molecule has 1 atom stereocenters. The van der Waals surface area contributed by atoms with Crippen LogP contribution in [0.3, 0.4) is 0 Å². The number of rotatable bonds is 6. The van der Waals surface area contributed by atoms with E-state index in [1.807, 2.05) is 11.3 Å². The number of aryl methyl sites for hydroxylation is 1. The van der Waals surface area contributed by atoms with Gasteiger partial charge in [-0.3, -0.25) is 0 Å². The number of piperidine rings is 1. The average Bonchev–Trinajstić information content (AvgIpc) is 2.76. The minimum atomic E-state index is 0.925. The van der Waals surface area contributed by atoms with Crippen molar-refractivity contribution in [3.05, 3.63) is 21.9 Å². The number of thiophene rings is 1. The van der Waals surface area contributed by atoms with E-state index in [1.165, 1.54) is 49.2 Å². The van der Waals surface area contributed by atoms with E-state index in [0.29, 0.717) is 0 Å². The van der Waals surface area contributed by atoms with Crippen molar-refractivity contribution in [1.82, 2.24) is 10.6 Å². The lowest BCUT2D eigenvalue weighted by Crippen LogP contribution is -2.30. The van der Waals surface area contributed by atoms with Crippen LogP contribution in [0.15, 0.2) is 11.4 Å². The summed E-state index contributed by atoms with van der Waals surface area (Å²) >= 11 is 1.86. The summed E-state index contributed by atoms with van der Waals surface area (Å²) in [6.45, 7) is 6.87. The molecule has 1 aliphatic heterocycles. The molecule has 2 rings (SSSR count). The molecule has 0 spiro atoms. The fourth-order valence-electron chi connectivity index (χ4n) is 2.47. The monoisotopic (exact) mass is 252 g/mol. The molecular weight excluding hydrogens is 228 g/mol. The second kappa shape index (κ2) is 7.14. The molecule has 1 aromatic rings. The van der Waals surface area contributed by atoms with Gasteiger partial charge in [0.25, 0.3) is 0 Å². The summed E-state index contributed by atoms with van der Waals surface area (Å²) in [7, 11) is 0. The van der Waals surface area contributed by atoms with Crippen LogP contribution in [0.2, 0.25) is 0 Å². The maximum Gasteiger partial charge on any atom is 0.0302 e. The quantitative estimate of drug-likeness (QED) is 0.761. The smallest absolute Gasteiger partial charge is 0.0302 e. The molecule has 0 radical (unpaired) electrons. The molecule has 2 heterocycles. The second-order valence-electron chi connectivity index (χ2n) is 5.06. The lowest BCUT2D eigenvalue weighted by Gasteiger charge is -2.22. The minimum Gasteiger partial charge on any atom is -0.316 e. The average molecular weight is 252 g/mol. The summed E-state index contributed by atoms with van der Waals surface area (Å²) < 4.78 is 0. The molecular formula is C14H24N2S. The maximum absolute atomic E-state index is 3.56. The van der Waals surface area contributed by atoms with Crippen LogP contribution in [0.25, 0.3) is 0 Å². The van der Waals surface area contributed by atoms with Crippen LogP contribution in [-0.2, 0) is 6.54 Å². The Balaban J connectivity index is 1.53. The van der Waals surface area contributed by atoms with Crippen molar-refractivity contribution >= 4 is 11.3 Å². The lowest BCUT2D eigenvalue weighted by molar-refractivity contribution is 0.348. The van der Waals surface area contributed by atoms with E-state index in [0.717, 1.165) is 19.0 Å². The third-order valence-corrected chi connectivity index (χ3v) is 4.64. The third kappa shape index (κ3) is 4.41. The van der Waals surface area contributed by atoms with Crippen LogP contribution in [0.5, 0.6) is 0 Å². The molecule has 1 fully saturated rings. The molecule has 2 N–H and O–H groups in total. The Morgan fingerprint density at radius 3 is 3.18 bits per heavy atom. The highest BCUT2D eigenvalue weighted by atomic mass is 32.1. The zero-order valence-electron chi connectivity index (χ0n) is 10.8. The molecule has 1 aromatic heterocycles. The van der Waals surface area contributed by atoms with E-state index < -0.39 is 0 Å². The Morgan fingerprint density at radius 1 is 1.53 bits per heavy atom. The van der Waals surface area contributed by atoms with Crippen molar-refractivity contribution in [1.29, 1.82) is 0 Å². The minimum absolute atomic E-state index is 0.925. The van der Waals surface area contributed by atoms with Gasteiger partial charge >= 0.3 is 0 Å². The van der Waals surface area contributed by atoms with Crippen LogP contribution in [-0.4, -0.2) is 19.6 Å². The number of hydrogen-bond acceptors (Lipinski definition) is 3. The SMILES string of the molecule is Cc1ccsc1CNCCCC1CCCNC1. The summed E-state index contributed by atoms with van der Waals surface area (Å²) in [5.41, 5.74) is 1.43. The third-order valence-electron chi connectivity index (χ3n) is 3.62. The molecule has 0 bridgehead atoms. The van der Waals surface area contributed by atoms with Gasteiger partial charge in [-0.05, 0) is 75.2 Å². The number of hydrogen-bond donors (Lipinski definition) is 2. The standard InChI is InChI=1S/C14H24N2S/c1-12-6-9-17-14(12)11-16-8-3-5-13-4-2-7-15-10-13/h6,9,13,15-16H,2-5,7-8,10-11H2,1H3. The van der Waals surface area contributed by atoms with Gasteiger partial charge in [0.15, 0.2) is 0 Å². The Bertz CT molecular complexity index is 316. The zero-order chi connectivity index (χ0) is 11.9. The predicted octanol–water partition coefficient (Wildman–Crippen LogP) is 2.93. The summed E-state index contributed by atoms with van der Waals surface area (Å²) in [6.07, 6.45) is 5.49. The van der Waals surface area contributed by atoms with Gasteiger partial charge in [0, 0.05) is 11.4 Å². The first kappa shape index (κ1) is 13.1. The normalized spacial score (nSPS) is 20.6. The van der Waals surface area contributed by atoms with Gasteiger partial charge in [-0.15, -0.1) is 11.3 Å². The van der Waals surface area contributed by atoms with Crippen molar-refractivity contribution < 1.29 is 0 Å². The summed E-state index contributed by atoms with van der Waals surface area (Å²) in [4.78, 5) is 1.49. The molecule has 17 heavy (non-hydrogen) atoms. The van der Waals surface area contributed by atoms with Gasteiger partial charge in [0.2, 0.25) is 0 Å². The van der Waals surface area contributed by atoms with Crippen molar-refractivity contribution in [2.24, 2.45) is 5.92 Å². The first-order valence-corrected chi connectivity index (χ1v) is 7.68. The van der Waals surface area contributed by atoms with Crippen LogP contribution in [0.4, 0.5) is 0 Å². The molecule has 0 saturated carbocycles. The fraction of sp³-hybridized carbons (Fsp3) is 0.714. The molecule has 0 amide bonds. The van der Waals surface area contributed by atoms with E-state index >= 15 is 0 Å². The van der Waals surface area contributed by atoms with E-state index in [9.17, 15) is 0 Å². The molecule has 2 nitrogen and oxygen atoms in total.